The van der Waals surface area contributed by atoms with Crippen LogP contribution in [0.2, 0.25) is 0 Å². The van der Waals surface area contributed by atoms with Crippen LogP contribution in [0.15, 0.2) is 18.2 Å². The summed E-state index contributed by atoms with van der Waals surface area (Å²) >= 11 is 0. The van der Waals surface area contributed by atoms with E-state index in [9.17, 15) is 4.39 Å². The van der Waals surface area contributed by atoms with E-state index in [0.717, 1.165) is 29.8 Å². The first kappa shape index (κ1) is 10.3. The van der Waals surface area contributed by atoms with Crippen molar-refractivity contribution in [3.63, 3.8) is 0 Å². The molecule has 1 fully saturated rings. The van der Waals surface area contributed by atoms with Gasteiger partial charge in [0.1, 0.15) is 5.82 Å². The molecule has 88 valence electrons. The summed E-state index contributed by atoms with van der Waals surface area (Å²) in [6, 6.07) is 4.63. The highest BCUT2D eigenvalue weighted by Crippen LogP contribution is 2.42. The molecule has 0 spiro atoms. The molecule has 5 heteroatoms. The Morgan fingerprint density at radius 3 is 2.82 bits per heavy atom. The van der Waals surface area contributed by atoms with Crippen LogP contribution in [0.25, 0.3) is 5.69 Å². The van der Waals surface area contributed by atoms with E-state index < -0.39 is 0 Å². The molecule has 0 radical (unpaired) electrons. The largest absolute Gasteiger partial charge is 0.381 e. The molecule has 1 saturated carbocycles. The predicted molar refractivity (Wildman–Crippen MR) is 62.4 cm³/mol. The summed E-state index contributed by atoms with van der Waals surface area (Å²) in [6.07, 6.45) is 2.25. The van der Waals surface area contributed by atoms with Gasteiger partial charge in [-0.05, 0) is 43.5 Å². The number of rotatable bonds is 2. The van der Waals surface area contributed by atoms with Gasteiger partial charge in [-0.15, -0.1) is 5.10 Å². The number of aromatic nitrogens is 3. The second-order valence-corrected chi connectivity index (χ2v) is 4.48. The molecule has 17 heavy (non-hydrogen) atoms. The molecular formula is C12H13FN4. The van der Waals surface area contributed by atoms with Crippen LogP contribution in [0.4, 0.5) is 10.2 Å². The summed E-state index contributed by atoms with van der Waals surface area (Å²) in [4.78, 5) is 0. The molecular weight excluding hydrogens is 219 g/mol. The number of aryl methyl sites for hydroxylation is 1. The van der Waals surface area contributed by atoms with Crippen molar-refractivity contribution in [1.29, 1.82) is 0 Å². The van der Waals surface area contributed by atoms with Gasteiger partial charge in [0.05, 0.1) is 11.4 Å². The first-order valence-electron chi connectivity index (χ1n) is 5.64. The highest BCUT2D eigenvalue weighted by atomic mass is 19.1. The van der Waals surface area contributed by atoms with Gasteiger partial charge in [-0.2, -0.15) is 0 Å². The van der Waals surface area contributed by atoms with Crippen LogP contribution < -0.4 is 5.73 Å². The lowest BCUT2D eigenvalue weighted by molar-refractivity contribution is 0.625. The molecule has 0 bridgehead atoms. The molecule has 0 amide bonds. The van der Waals surface area contributed by atoms with Crippen molar-refractivity contribution in [3.8, 4) is 5.69 Å². The Morgan fingerprint density at radius 2 is 2.18 bits per heavy atom. The van der Waals surface area contributed by atoms with Crippen LogP contribution in [-0.2, 0) is 0 Å². The fourth-order valence-electron chi connectivity index (χ4n) is 2.07. The number of anilines is 1. The summed E-state index contributed by atoms with van der Waals surface area (Å²) in [5, 5.41) is 7.97. The first-order chi connectivity index (χ1) is 8.16. The second-order valence-electron chi connectivity index (χ2n) is 4.48. The van der Waals surface area contributed by atoms with E-state index >= 15 is 0 Å². The van der Waals surface area contributed by atoms with Crippen LogP contribution >= 0.6 is 0 Å². The monoisotopic (exact) mass is 232 g/mol. The molecule has 0 aliphatic heterocycles. The van der Waals surface area contributed by atoms with Gasteiger partial charge in [0.15, 0.2) is 5.82 Å². The maximum absolute atomic E-state index is 13.1. The average molecular weight is 232 g/mol. The predicted octanol–water partition coefficient (Wildman–Crippen LogP) is 2.17. The number of hydrogen-bond donors (Lipinski definition) is 1. The Labute approximate surface area is 98.2 Å². The maximum Gasteiger partial charge on any atom is 0.169 e. The minimum absolute atomic E-state index is 0.243. The van der Waals surface area contributed by atoms with Crippen LogP contribution in [0.3, 0.4) is 0 Å². The van der Waals surface area contributed by atoms with Crippen molar-refractivity contribution in [2.75, 3.05) is 5.73 Å². The van der Waals surface area contributed by atoms with Crippen molar-refractivity contribution in [2.24, 2.45) is 0 Å². The molecule has 1 aliphatic carbocycles. The number of nitrogens with two attached hydrogens (primary N) is 1. The quantitative estimate of drug-likeness (QED) is 0.863. The smallest absolute Gasteiger partial charge is 0.169 e. The number of nitrogens with zero attached hydrogens (tertiary/aromatic N) is 3. The van der Waals surface area contributed by atoms with Crippen molar-refractivity contribution < 1.29 is 4.39 Å². The summed E-state index contributed by atoms with van der Waals surface area (Å²) < 4.78 is 14.8. The summed E-state index contributed by atoms with van der Waals surface area (Å²) in [6.45, 7) is 1.85. The zero-order valence-corrected chi connectivity index (χ0v) is 9.52. The molecule has 0 unspecified atom stereocenters. The van der Waals surface area contributed by atoms with Crippen LogP contribution in [-0.4, -0.2) is 15.0 Å². The number of benzene rings is 1. The third-order valence-electron chi connectivity index (χ3n) is 3.08. The van der Waals surface area contributed by atoms with Gasteiger partial charge < -0.3 is 5.73 Å². The lowest BCUT2D eigenvalue weighted by atomic mass is 10.2. The standard InChI is InChI=1S/C12H13FN4/c1-7-6-9(13)4-5-10(7)17-11(8-2-3-8)12(14)15-16-17/h4-6,8H,2-3,14H2,1H3. The Morgan fingerprint density at radius 1 is 1.41 bits per heavy atom. The molecule has 4 nitrogen and oxygen atoms in total. The maximum atomic E-state index is 13.1. The van der Waals surface area contributed by atoms with Crippen LogP contribution in [0.1, 0.15) is 30.0 Å². The zero-order valence-electron chi connectivity index (χ0n) is 9.52. The van der Waals surface area contributed by atoms with Gasteiger partial charge >= 0.3 is 0 Å². The molecule has 1 aromatic carbocycles. The normalized spacial score (nSPS) is 15.2. The Kier molecular flexibility index (Phi) is 2.14. The SMILES string of the molecule is Cc1cc(F)ccc1-n1nnc(N)c1C1CC1. The summed E-state index contributed by atoms with van der Waals surface area (Å²) in [7, 11) is 0. The van der Waals surface area contributed by atoms with E-state index in [0.29, 0.717) is 11.7 Å². The van der Waals surface area contributed by atoms with Crippen LogP contribution in [0, 0.1) is 12.7 Å². The fraction of sp³-hybridized carbons (Fsp3) is 0.333. The van der Waals surface area contributed by atoms with Crippen molar-refractivity contribution in [1.82, 2.24) is 15.0 Å². The fourth-order valence-corrected chi connectivity index (χ4v) is 2.07. The average Bonchev–Trinajstić information content (AvgIpc) is 3.03. The van der Waals surface area contributed by atoms with E-state index in [1.807, 2.05) is 6.92 Å². The molecule has 1 aromatic heterocycles. The molecule has 1 aliphatic rings. The molecule has 2 aromatic rings. The van der Waals surface area contributed by atoms with Gasteiger partial charge in [-0.1, -0.05) is 5.21 Å². The van der Waals surface area contributed by atoms with Gasteiger partial charge in [0.2, 0.25) is 0 Å². The highest BCUT2D eigenvalue weighted by molar-refractivity contribution is 5.47. The minimum Gasteiger partial charge on any atom is -0.381 e. The molecule has 0 atom stereocenters. The third-order valence-corrected chi connectivity index (χ3v) is 3.08. The summed E-state index contributed by atoms with van der Waals surface area (Å²) in [5.74, 6) is 0.693. The van der Waals surface area contributed by atoms with E-state index in [-0.39, 0.29) is 5.82 Å². The van der Waals surface area contributed by atoms with Gasteiger partial charge in [0, 0.05) is 5.92 Å². The van der Waals surface area contributed by atoms with Gasteiger partial charge in [-0.25, -0.2) is 9.07 Å². The van der Waals surface area contributed by atoms with E-state index in [4.69, 9.17) is 5.73 Å². The molecule has 0 saturated heterocycles. The molecule has 2 N–H and O–H groups in total. The Hall–Kier alpha value is -1.91. The minimum atomic E-state index is -0.243. The van der Waals surface area contributed by atoms with E-state index in [1.54, 1.807) is 10.7 Å². The lowest BCUT2D eigenvalue weighted by Crippen LogP contribution is -2.04. The van der Waals surface area contributed by atoms with Crippen molar-refractivity contribution >= 4 is 5.82 Å². The van der Waals surface area contributed by atoms with Gasteiger partial charge in [0.25, 0.3) is 0 Å². The van der Waals surface area contributed by atoms with E-state index in [1.165, 1.54) is 12.1 Å². The van der Waals surface area contributed by atoms with Crippen molar-refractivity contribution in [2.45, 2.75) is 25.7 Å². The first-order valence-corrected chi connectivity index (χ1v) is 5.64. The summed E-state index contributed by atoms with van der Waals surface area (Å²) in [5.41, 5.74) is 8.46. The number of halogens is 1. The molecule has 1 heterocycles. The van der Waals surface area contributed by atoms with Crippen molar-refractivity contribution in [3.05, 3.63) is 35.3 Å². The van der Waals surface area contributed by atoms with Gasteiger partial charge in [-0.3, -0.25) is 0 Å². The van der Waals surface area contributed by atoms with Crippen LogP contribution in [0.5, 0.6) is 0 Å². The topological polar surface area (TPSA) is 56.7 Å². The number of nitrogen functional groups attached to an aromatic ring is 1. The number of hydrogen-bond acceptors (Lipinski definition) is 3. The molecule has 3 rings (SSSR count). The lowest BCUT2D eigenvalue weighted by Gasteiger charge is -2.08. The second kappa shape index (κ2) is 3.55. The Balaban J connectivity index is 2.14. The van der Waals surface area contributed by atoms with E-state index in [2.05, 4.69) is 10.3 Å². The highest BCUT2D eigenvalue weighted by Gasteiger charge is 2.31. The Bertz CT molecular complexity index is 572. The zero-order chi connectivity index (χ0) is 12.0. The third kappa shape index (κ3) is 1.67.